The predicted octanol–water partition coefficient (Wildman–Crippen LogP) is 1.86. The zero-order valence-electron chi connectivity index (χ0n) is 16.2. The van der Waals surface area contributed by atoms with Crippen molar-refractivity contribution in [2.24, 2.45) is 0 Å². The number of carbonyl (C=O) groups excluding carboxylic acids is 2. The van der Waals surface area contributed by atoms with Gasteiger partial charge in [0.25, 0.3) is 0 Å². The number of hydrogen-bond acceptors (Lipinski definition) is 4. The van der Waals surface area contributed by atoms with Gasteiger partial charge in [-0.1, -0.05) is 37.1 Å². The highest BCUT2D eigenvalue weighted by Crippen LogP contribution is 2.14. The van der Waals surface area contributed by atoms with Crippen LogP contribution in [-0.4, -0.2) is 61.9 Å². The van der Waals surface area contributed by atoms with E-state index in [1.807, 2.05) is 6.92 Å². The van der Waals surface area contributed by atoms with Crippen LogP contribution >= 0.6 is 11.6 Å². The van der Waals surface area contributed by atoms with E-state index < -0.39 is 22.0 Å². The maximum atomic E-state index is 12.8. The van der Waals surface area contributed by atoms with E-state index in [0.29, 0.717) is 11.6 Å². The molecule has 1 atom stereocenters. The maximum absolute atomic E-state index is 12.8. The summed E-state index contributed by atoms with van der Waals surface area (Å²) in [6.07, 6.45) is 2.83. The second-order valence-corrected chi connectivity index (χ2v) is 9.01. The molecule has 0 bridgehead atoms. The van der Waals surface area contributed by atoms with Crippen LogP contribution in [0.1, 0.15) is 32.3 Å². The molecule has 152 valence electrons. The molecule has 0 saturated heterocycles. The lowest BCUT2D eigenvalue weighted by Crippen LogP contribution is -2.50. The predicted molar refractivity (Wildman–Crippen MR) is 107 cm³/mol. The van der Waals surface area contributed by atoms with Gasteiger partial charge in [-0.25, -0.2) is 8.42 Å². The van der Waals surface area contributed by atoms with Crippen molar-refractivity contribution in [2.45, 2.75) is 39.3 Å². The van der Waals surface area contributed by atoms with Crippen molar-refractivity contribution < 1.29 is 18.0 Å². The van der Waals surface area contributed by atoms with Crippen LogP contribution in [0.5, 0.6) is 0 Å². The lowest BCUT2D eigenvalue weighted by molar-refractivity contribution is -0.140. The Hall–Kier alpha value is -1.64. The summed E-state index contributed by atoms with van der Waals surface area (Å²) in [6, 6.07) is 6.20. The minimum atomic E-state index is -3.51. The van der Waals surface area contributed by atoms with Crippen LogP contribution < -0.4 is 5.32 Å². The van der Waals surface area contributed by atoms with Crippen LogP contribution in [0.25, 0.3) is 0 Å². The third kappa shape index (κ3) is 7.86. The molecule has 1 rings (SSSR count). The van der Waals surface area contributed by atoms with Crippen molar-refractivity contribution in [2.75, 3.05) is 26.4 Å². The van der Waals surface area contributed by atoms with Gasteiger partial charge in [0.05, 0.1) is 12.8 Å². The molecule has 0 aliphatic rings. The Kier molecular flexibility index (Phi) is 9.21. The molecule has 0 aliphatic carbocycles. The van der Waals surface area contributed by atoms with Crippen molar-refractivity contribution in [1.29, 1.82) is 0 Å². The van der Waals surface area contributed by atoms with Gasteiger partial charge in [0.1, 0.15) is 6.04 Å². The van der Waals surface area contributed by atoms with Crippen LogP contribution in [0.2, 0.25) is 5.02 Å². The third-order valence-corrected chi connectivity index (χ3v) is 5.70. The van der Waals surface area contributed by atoms with Crippen molar-refractivity contribution in [1.82, 2.24) is 14.5 Å². The molecule has 0 aliphatic heterocycles. The molecule has 2 amide bonds. The van der Waals surface area contributed by atoms with Crippen molar-refractivity contribution in [3.63, 3.8) is 0 Å². The first kappa shape index (κ1) is 23.4. The van der Waals surface area contributed by atoms with Crippen molar-refractivity contribution in [3.05, 3.63) is 34.9 Å². The molecule has 0 aromatic heterocycles. The number of halogens is 1. The number of hydrogen-bond donors (Lipinski definition) is 1. The van der Waals surface area contributed by atoms with Crippen LogP contribution in [0, 0.1) is 0 Å². The van der Waals surface area contributed by atoms with E-state index in [2.05, 4.69) is 5.32 Å². The topological polar surface area (TPSA) is 86.8 Å². The Morgan fingerprint density at radius 1 is 1.22 bits per heavy atom. The molecule has 0 spiro atoms. The molecule has 0 saturated carbocycles. The van der Waals surface area contributed by atoms with Crippen LogP contribution in [-0.2, 0) is 26.2 Å². The van der Waals surface area contributed by atoms with Gasteiger partial charge >= 0.3 is 0 Å². The summed E-state index contributed by atoms with van der Waals surface area (Å²) >= 11 is 5.90. The second-order valence-electron chi connectivity index (χ2n) is 6.49. The summed E-state index contributed by atoms with van der Waals surface area (Å²) in [5, 5.41) is 3.38. The van der Waals surface area contributed by atoms with Gasteiger partial charge in [-0.15, -0.1) is 0 Å². The number of sulfonamides is 1. The molecule has 27 heavy (non-hydrogen) atoms. The van der Waals surface area contributed by atoms with Gasteiger partial charge in [-0.05, 0) is 31.0 Å². The number of unbranched alkanes of at least 4 members (excludes halogenated alkanes) is 1. The number of amides is 2. The Morgan fingerprint density at radius 2 is 1.81 bits per heavy atom. The summed E-state index contributed by atoms with van der Waals surface area (Å²) in [4.78, 5) is 26.6. The fourth-order valence-electron chi connectivity index (χ4n) is 2.30. The zero-order valence-corrected chi connectivity index (χ0v) is 17.8. The highest BCUT2D eigenvalue weighted by atomic mass is 35.5. The number of nitrogens with zero attached hydrogens (tertiary/aromatic N) is 2. The molecule has 9 heteroatoms. The number of benzene rings is 1. The normalized spacial score (nSPS) is 12.7. The molecule has 1 aromatic rings. The molecule has 0 heterocycles. The number of carbonyl (C=O) groups is 2. The highest BCUT2D eigenvalue weighted by Gasteiger charge is 2.28. The van der Waals surface area contributed by atoms with E-state index in [4.69, 9.17) is 11.6 Å². The lowest BCUT2D eigenvalue weighted by atomic mass is 10.1. The maximum Gasteiger partial charge on any atom is 0.242 e. The number of likely N-dealkylation sites (N-methyl/N-ethyl adjacent to an activating group) is 1. The van der Waals surface area contributed by atoms with Gasteiger partial charge in [0, 0.05) is 25.2 Å². The molecule has 7 nitrogen and oxygen atoms in total. The van der Waals surface area contributed by atoms with Gasteiger partial charge in [0.2, 0.25) is 21.8 Å². The number of rotatable bonds is 10. The first-order valence-electron chi connectivity index (χ1n) is 8.79. The van der Waals surface area contributed by atoms with E-state index in [-0.39, 0.29) is 19.0 Å². The van der Waals surface area contributed by atoms with E-state index in [1.54, 1.807) is 31.2 Å². The van der Waals surface area contributed by atoms with Crippen molar-refractivity contribution >= 4 is 33.4 Å². The van der Waals surface area contributed by atoms with Gasteiger partial charge in [-0.3, -0.25) is 9.59 Å². The fraction of sp³-hybridized carbons (Fsp3) is 0.556. The first-order chi connectivity index (χ1) is 12.6. The molecule has 1 aromatic carbocycles. The van der Waals surface area contributed by atoms with Gasteiger partial charge < -0.3 is 10.2 Å². The van der Waals surface area contributed by atoms with Crippen LogP contribution in [0.4, 0.5) is 0 Å². The van der Waals surface area contributed by atoms with Crippen molar-refractivity contribution in [3.8, 4) is 0 Å². The van der Waals surface area contributed by atoms with E-state index in [0.717, 1.165) is 29.0 Å². The Bertz CT molecular complexity index is 737. The monoisotopic (exact) mass is 417 g/mol. The Morgan fingerprint density at radius 3 is 2.33 bits per heavy atom. The molecule has 0 radical (unpaired) electrons. The summed E-state index contributed by atoms with van der Waals surface area (Å²) in [5.41, 5.74) is 0.794. The largest absolute Gasteiger partial charge is 0.354 e. The van der Waals surface area contributed by atoms with Gasteiger partial charge in [0.15, 0.2) is 0 Å². The lowest BCUT2D eigenvalue weighted by Gasteiger charge is -2.30. The summed E-state index contributed by atoms with van der Waals surface area (Å²) in [5.74, 6) is -0.719. The van der Waals surface area contributed by atoms with E-state index in [9.17, 15) is 18.0 Å². The SMILES string of the molecule is CCCCNC(=O)C(C)N(Cc1ccc(Cl)cc1)C(=O)CN(C)S(C)(=O)=O. The van der Waals surface area contributed by atoms with E-state index >= 15 is 0 Å². The Labute approximate surface area is 166 Å². The zero-order chi connectivity index (χ0) is 20.6. The average Bonchev–Trinajstić information content (AvgIpc) is 2.59. The smallest absolute Gasteiger partial charge is 0.242 e. The average molecular weight is 418 g/mol. The van der Waals surface area contributed by atoms with Crippen LogP contribution in [0.15, 0.2) is 24.3 Å². The summed E-state index contributed by atoms with van der Waals surface area (Å²) < 4.78 is 24.2. The first-order valence-corrected chi connectivity index (χ1v) is 11.0. The third-order valence-electron chi connectivity index (χ3n) is 4.19. The minimum Gasteiger partial charge on any atom is -0.354 e. The molecule has 0 fully saturated rings. The Balaban J connectivity index is 2.98. The number of nitrogens with one attached hydrogen (secondary N) is 1. The quantitative estimate of drug-likeness (QED) is 0.589. The highest BCUT2D eigenvalue weighted by molar-refractivity contribution is 7.88. The molecular weight excluding hydrogens is 390 g/mol. The second kappa shape index (κ2) is 10.6. The molecule has 1 unspecified atom stereocenters. The standard InChI is InChI=1S/C18H28ClN3O4S/c1-5-6-11-20-18(24)14(2)22(12-15-7-9-16(19)10-8-15)17(23)13-21(3)27(4,25)26/h7-10,14H,5-6,11-13H2,1-4H3,(H,20,24). The molecular formula is C18H28ClN3O4S. The molecule has 1 N–H and O–H groups in total. The van der Waals surface area contributed by atoms with E-state index in [1.165, 1.54) is 11.9 Å². The summed E-state index contributed by atoms with van der Waals surface area (Å²) in [7, 11) is -2.17. The minimum absolute atomic E-state index is 0.177. The van der Waals surface area contributed by atoms with Crippen LogP contribution in [0.3, 0.4) is 0 Å². The fourth-order valence-corrected chi connectivity index (χ4v) is 2.77. The summed E-state index contributed by atoms with van der Waals surface area (Å²) in [6.45, 7) is 4.03. The van der Waals surface area contributed by atoms with Gasteiger partial charge in [-0.2, -0.15) is 4.31 Å².